The molecule has 2 atom stereocenters. The van der Waals surface area contributed by atoms with Crippen LogP contribution in [-0.4, -0.2) is 41.4 Å². The van der Waals surface area contributed by atoms with Crippen molar-refractivity contribution in [3.05, 3.63) is 18.0 Å². The van der Waals surface area contributed by atoms with E-state index in [4.69, 9.17) is 9.47 Å². The van der Waals surface area contributed by atoms with Crippen LogP contribution in [0.15, 0.2) is 12.3 Å². The van der Waals surface area contributed by atoms with Crippen molar-refractivity contribution in [2.75, 3.05) is 19.8 Å². The minimum Gasteiger partial charge on any atom is -0.347 e. The Balaban J connectivity index is 1.81. The van der Waals surface area contributed by atoms with Crippen molar-refractivity contribution in [2.45, 2.75) is 51.0 Å². The first-order chi connectivity index (χ1) is 9.22. The molecule has 5 heteroatoms. The summed E-state index contributed by atoms with van der Waals surface area (Å²) >= 11 is 0. The molecule has 0 bridgehead atoms. The van der Waals surface area contributed by atoms with Gasteiger partial charge in [-0.1, -0.05) is 6.92 Å². The van der Waals surface area contributed by atoms with E-state index in [1.165, 1.54) is 0 Å². The van der Waals surface area contributed by atoms with Crippen LogP contribution in [0.1, 0.15) is 37.9 Å². The molecule has 1 saturated carbocycles. The molecule has 19 heavy (non-hydrogen) atoms. The van der Waals surface area contributed by atoms with E-state index < -0.39 is 0 Å². The quantitative estimate of drug-likeness (QED) is 0.902. The molecule has 1 aliphatic heterocycles. The lowest BCUT2D eigenvalue weighted by Gasteiger charge is -2.41. The van der Waals surface area contributed by atoms with Crippen LogP contribution in [0.5, 0.6) is 0 Å². The van der Waals surface area contributed by atoms with Gasteiger partial charge in [0.15, 0.2) is 5.79 Å². The number of nitrogens with one attached hydrogen (secondary N) is 1. The Kier molecular flexibility index (Phi) is 3.60. The van der Waals surface area contributed by atoms with Gasteiger partial charge < -0.3 is 14.8 Å². The molecule has 1 aliphatic carbocycles. The smallest absolute Gasteiger partial charge is 0.170 e. The number of likely N-dealkylation sites (N-methyl/N-ethyl adjacent to an activating group) is 1. The lowest BCUT2D eigenvalue weighted by atomic mass is 9.85. The zero-order chi connectivity index (χ0) is 13.3. The largest absolute Gasteiger partial charge is 0.347 e. The van der Waals surface area contributed by atoms with Gasteiger partial charge in [0.2, 0.25) is 0 Å². The monoisotopic (exact) mass is 265 g/mol. The highest BCUT2D eigenvalue weighted by Gasteiger charge is 2.45. The van der Waals surface area contributed by atoms with Crippen LogP contribution in [0.4, 0.5) is 0 Å². The molecule has 0 aromatic carbocycles. The lowest BCUT2D eigenvalue weighted by molar-refractivity contribution is -0.189. The molecule has 2 unspecified atom stereocenters. The molecule has 1 spiro atoms. The third kappa shape index (κ3) is 2.55. The normalized spacial score (nSPS) is 30.0. The highest BCUT2D eigenvalue weighted by molar-refractivity contribution is 5.00. The number of aryl methyl sites for hydroxylation is 1. The number of nitrogens with zero attached hydrogens (tertiary/aromatic N) is 2. The molecular formula is C14H23N3O2. The van der Waals surface area contributed by atoms with Gasteiger partial charge in [-0.05, 0) is 26.0 Å². The van der Waals surface area contributed by atoms with E-state index in [0.29, 0.717) is 12.1 Å². The molecule has 106 valence electrons. The molecular weight excluding hydrogens is 242 g/mol. The van der Waals surface area contributed by atoms with Gasteiger partial charge in [-0.25, -0.2) is 0 Å². The third-order valence-electron chi connectivity index (χ3n) is 4.18. The number of aromatic nitrogens is 2. The fourth-order valence-corrected chi connectivity index (χ4v) is 3.29. The first-order valence-corrected chi connectivity index (χ1v) is 7.25. The first-order valence-electron chi connectivity index (χ1n) is 7.25. The van der Waals surface area contributed by atoms with Gasteiger partial charge in [-0.3, -0.25) is 4.68 Å². The van der Waals surface area contributed by atoms with E-state index in [9.17, 15) is 0 Å². The van der Waals surface area contributed by atoms with Crippen molar-refractivity contribution in [1.29, 1.82) is 0 Å². The van der Waals surface area contributed by atoms with Gasteiger partial charge >= 0.3 is 0 Å². The van der Waals surface area contributed by atoms with E-state index in [1.54, 1.807) is 0 Å². The first kappa shape index (κ1) is 13.1. The summed E-state index contributed by atoms with van der Waals surface area (Å²) in [6, 6.07) is 2.81. The zero-order valence-electron chi connectivity index (χ0n) is 11.8. The maximum absolute atomic E-state index is 5.88. The molecule has 2 heterocycles. The number of ether oxygens (including phenoxy) is 2. The molecule has 1 aromatic rings. The Morgan fingerprint density at radius 3 is 2.89 bits per heavy atom. The molecule has 1 aromatic heterocycles. The molecule has 0 amide bonds. The Morgan fingerprint density at radius 2 is 2.26 bits per heavy atom. The van der Waals surface area contributed by atoms with Gasteiger partial charge in [0, 0.05) is 25.1 Å². The molecule has 1 saturated heterocycles. The molecule has 3 rings (SSSR count). The topological polar surface area (TPSA) is 48.3 Å². The Morgan fingerprint density at radius 1 is 1.47 bits per heavy atom. The van der Waals surface area contributed by atoms with E-state index in [-0.39, 0.29) is 5.79 Å². The van der Waals surface area contributed by atoms with Crippen LogP contribution in [0.3, 0.4) is 0 Å². The van der Waals surface area contributed by atoms with Crippen molar-refractivity contribution >= 4 is 0 Å². The van der Waals surface area contributed by atoms with Crippen molar-refractivity contribution < 1.29 is 9.47 Å². The van der Waals surface area contributed by atoms with Crippen LogP contribution in [0, 0.1) is 6.92 Å². The zero-order valence-corrected chi connectivity index (χ0v) is 11.8. The van der Waals surface area contributed by atoms with Crippen molar-refractivity contribution in [3.63, 3.8) is 0 Å². The summed E-state index contributed by atoms with van der Waals surface area (Å²) in [5.41, 5.74) is 1.06. The minimum atomic E-state index is -0.365. The highest BCUT2D eigenvalue weighted by atomic mass is 16.7. The third-order valence-corrected chi connectivity index (χ3v) is 4.18. The summed E-state index contributed by atoms with van der Waals surface area (Å²) in [5.74, 6) is -0.365. The average Bonchev–Trinajstić information content (AvgIpc) is 3.02. The van der Waals surface area contributed by atoms with Gasteiger partial charge in [0.05, 0.1) is 24.9 Å². The second-order valence-electron chi connectivity index (χ2n) is 5.52. The fourth-order valence-electron chi connectivity index (χ4n) is 3.29. The predicted octanol–water partition coefficient (Wildman–Crippen LogP) is 1.64. The van der Waals surface area contributed by atoms with Gasteiger partial charge in [-0.2, -0.15) is 5.10 Å². The summed E-state index contributed by atoms with van der Waals surface area (Å²) < 4.78 is 13.8. The van der Waals surface area contributed by atoms with E-state index in [1.807, 2.05) is 6.92 Å². The van der Waals surface area contributed by atoms with Gasteiger partial charge in [0.1, 0.15) is 0 Å². The van der Waals surface area contributed by atoms with Crippen LogP contribution in [0.2, 0.25) is 0 Å². The second kappa shape index (κ2) is 5.23. The molecule has 2 fully saturated rings. The summed E-state index contributed by atoms with van der Waals surface area (Å²) in [4.78, 5) is 0. The molecule has 5 nitrogen and oxygen atoms in total. The SMILES string of the molecule is CCNC1CCC2(CC1n1ccc(C)n1)OCCO2. The van der Waals surface area contributed by atoms with Crippen LogP contribution in [-0.2, 0) is 9.47 Å². The van der Waals surface area contributed by atoms with Gasteiger partial charge in [0.25, 0.3) is 0 Å². The predicted molar refractivity (Wildman–Crippen MR) is 72.0 cm³/mol. The van der Waals surface area contributed by atoms with Crippen molar-refractivity contribution in [2.24, 2.45) is 0 Å². The summed E-state index contributed by atoms with van der Waals surface area (Å²) in [6.45, 7) is 6.60. The molecule has 0 radical (unpaired) electrons. The minimum absolute atomic E-state index is 0.306. The maximum atomic E-state index is 5.88. The Bertz CT molecular complexity index is 426. The molecule has 2 aliphatic rings. The molecule has 1 N–H and O–H groups in total. The second-order valence-corrected chi connectivity index (χ2v) is 5.52. The summed E-state index contributed by atoms with van der Waals surface area (Å²) in [5, 5.41) is 8.16. The van der Waals surface area contributed by atoms with Crippen LogP contribution >= 0.6 is 0 Å². The summed E-state index contributed by atoms with van der Waals surface area (Å²) in [7, 11) is 0. The standard InChI is InChI=1S/C14H23N3O2/c1-3-15-12-4-6-14(18-8-9-19-14)10-13(12)17-7-5-11(2)16-17/h5,7,12-13,15H,3-4,6,8-10H2,1-2H3. The van der Waals surface area contributed by atoms with Gasteiger partial charge in [-0.15, -0.1) is 0 Å². The van der Waals surface area contributed by atoms with Crippen LogP contribution < -0.4 is 5.32 Å². The lowest BCUT2D eigenvalue weighted by Crippen LogP contribution is -2.48. The average molecular weight is 265 g/mol. The van der Waals surface area contributed by atoms with E-state index in [2.05, 4.69) is 34.3 Å². The highest BCUT2D eigenvalue weighted by Crippen LogP contribution is 2.40. The summed E-state index contributed by atoms with van der Waals surface area (Å²) in [6.07, 6.45) is 4.99. The maximum Gasteiger partial charge on any atom is 0.170 e. The van der Waals surface area contributed by atoms with Crippen molar-refractivity contribution in [3.8, 4) is 0 Å². The van der Waals surface area contributed by atoms with Crippen LogP contribution in [0.25, 0.3) is 0 Å². The van der Waals surface area contributed by atoms with E-state index >= 15 is 0 Å². The van der Waals surface area contributed by atoms with E-state index in [0.717, 1.165) is 44.7 Å². The Labute approximate surface area is 114 Å². The number of rotatable bonds is 3. The number of hydrogen-bond acceptors (Lipinski definition) is 4. The number of hydrogen-bond donors (Lipinski definition) is 1. The fraction of sp³-hybridized carbons (Fsp3) is 0.786. The Hall–Kier alpha value is -0.910. The van der Waals surface area contributed by atoms with Crippen molar-refractivity contribution in [1.82, 2.24) is 15.1 Å².